The van der Waals surface area contributed by atoms with Crippen molar-refractivity contribution in [3.05, 3.63) is 53.6 Å². The van der Waals surface area contributed by atoms with Crippen LogP contribution < -0.4 is 14.8 Å². The van der Waals surface area contributed by atoms with Gasteiger partial charge in [-0.25, -0.2) is 9.59 Å². The van der Waals surface area contributed by atoms with Crippen molar-refractivity contribution in [2.24, 2.45) is 0 Å². The molecular formula is C36H48N6O6. The van der Waals surface area contributed by atoms with Crippen molar-refractivity contribution in [3.63, 3.8) is 0 Å². The number of urea groups is 1. The Kier molecular flexibility index (Phi) is 9.90. The van der Waals surface area contributed by atoms with Gasteiger partial charge in [0.2, 0.25) is 0 Å². The number of piperidine rings is 2. The van der Waals surface area contributed by atoms with Crippen LogP contribution in [-0.2, 0) is 22.4 Å². The van der Waals surface area contributed by atoms with Crippen LogP contribution in [0.25, 0.3) is 0 Å². The van der Waals surface area contributed by atoms with Gasteiger partial charge in [0.05, 0.1) is 0 Å². The molecule has 3 saturated heterocycles. The van der Waals surface area contributed by atoms with Crippen LogP contribution in [0.3, 0.4) is 0 Å². The molecule has 5 heterocycles. The number of ether oxygens (including phenoxy) is 3. The summed E-state index contributed by atoms with van der Waals surface area (Å²) in [5, 5.41) is 3.06. The van der Waals surface area contributed by atoms with E-state index in [1.807, 2.05) is 46.2 Å². The molecule has 1 atom stereocenters. The number of anilines is 1. The van der Waals surface area contributed by atoms with Crippen molar-refractivity contribution in [1.82, 2.24) is 24.5 Å². The van der Waals surface area contributed by atoms with Crippen molar-refractivity contribution in [2.45, 2.75) is 56.7 Å². The van der Waals surface area contributed by atoms with Gasteiger partial charge in [0, 0.05) is 83.1 Å². The number of carbonyl (C=O) groups is 3. The summed E-state index contributed by atoms with van der Waals surface area (Å²) in [6, 6.07) is 14.0. The lowest BCUT2D eigenvalue weighted by molar-refractivity contribution is -0.142. The quantitative estimate of drug-likeness (QED) is 0.504. The fourth-order valence-electron chi connectivity index (χ4n) is 7.74. The summed E-state index contributed by atoms with van der Waals surface area (Å²) in [6.07, 6.45) is 2.75. The van der Waals surface area contributed by atoms with E-state index in [4.69, 9.17) is 14.2 Å². The van der Waals surface area contributed by atoms with Crippen molar-refractivity contribution in [1.29, 1.82) is 0 Å². The second kappa shape index (κ2) is 14.6. The first kappa shape index (κ1) is 32.5. The molecule has 2 aromatic rings. The second-order valence-electron chi connectivity index (χ2n) is 13.7. The molecule has 0 saturated carbocycles. The number of hydrogen-bond donors (Lipinski definition) is 1. The van der Waals surface area contributed by atoms with Gasteiger partial charge >= 0.3 is 12.1 Å². The van der Waals surface area contributed by atoms with Crippen LogP contribution in [0.5, 0.6) is 11.5 Å². The molecule has 0 aliphatic carbocycles. The third-order valence-corrected chi connectivity index (χ3v) is 10.7. The molecule has 48 heavy (non-hydrogen) atoms. The van der Waals surface area contributed by atoms with Gasteiger partial charge in [0.1, 0.15) is 13.2 Å². The largest absolute Gasteiger partial charge is 0.486 e. The minimum absolute atomic E-state index is 0.0279. The highest BCUT2D eigenvalue weighted by molar-refractivity contribution is 5.91. The summed E-state index contributed by atoms with van der Waals surface area (Å²) in [4.78, 5) is 51.2. The van der Waals surface area contributed by atoms with Crippen molar-refractivity contribution in [2.75, 3.05) is 84.5 Å². The molecule has 1 N–H and O–H groups in total. The Bertz CT molecular complexity index is 1460. The normalized spacial score (nSPS) is 22.0. The molecule has 1 unspecified atom stereocenters. The van der Waals surface area contributed by atoms with Gasteiger partial charge in [-0.3, -0.25) is 9.69 Å². The van der Waals surface area contributed by atoms with Crippen molar-refractivity contribution >= 4 is 23.7 Å². The molecular weight excluding hydrogens is 612 g/mol. The monoisotopic (exact) mass is 660 g/mol. The van der Waals surface area contributed by atoms with Crippen LogP contribution >= 0.6 is 0 Å². The SMILES string of the molecule is CN1CCN(C2CCN(C(=O)C(Cc3ccc4c(c3)OCCO4)OC(=O)N3CCC(N4CCc5ccccc5NC4=O)CC3)CC2)CC1. The van der Waals surface area contributed by atoms with Crippen molar-refractivity contribution < 1.29 is 28.6 Å². The first-order chi connectivity index (χ1) is 23.4. The molecule has 12 heteroatoms. The summed E-state index contributed by atoms with van der Waals surface area (Å²) in [7, 11) is 2.16. The summed E-state index contributed by atoms with van der Waals surface area (Å²) in [6.45, 7) is 8.10. The fourth-order valence-corrected chi connectivity index (χ4v) is 7.74. The van der Waals surface area contributed by atoms with Crippen LogP contribution in [0, 0.1) is 0 Å². The van der Waals surface area contributed by atoms with Gasteiger partial charge < -0.3 is 39.1 Å². The first-order valence-corrected chi connectivity index (χ1v) is 17.6. The smallest absolute Gasteiger partial charge is 0.410 e. The number of rotatable bonds is 6. The number of benzene rings is 2. The number of likely N-dealkylation sites (tertiary alicyclic amines) is 2. The standard InChI is InChI=1S/C36H48N6O6/c1-38-18-20-39(21-19-38)28-9-13-40(14-10-28)34(43)33(25-26-6-7-31-32(24-26)47-23-22-46-31)48-36(45)41-15-11-29(12-16-41)42-17-8-27-4-2-3-5-30(27)37-35(42)44/h2-7,24,28-29,33H,8-23,25H2,1H3,(H,37,44). The molecule has 258 valence electrons. The van der Waals surface area contributed by atoms with Gasteiger partial charge in [0.25, 0.3) is 5.91 Å². The maximum Gasteiger partial charge on any atom is 0.410 e. The minimum Gasteiger partial charge on any atom is -0.486 e. The van der Waals surface area contributed by atoms with Crippen LogP contribution in [0.1, 0.15) is 36.8 Å². The number of nitrogens with one attached hydrogen (secondary N) is 1. The van der Waals surface area contributed by atoms with Gasteiger partial charge in [-0.2, -0.15) is 0 Å². The number of amides is 4. The molecule has 4 amide bonds. The number of likely N-dealkylation sites (N-methyl/N-ethyl adjacent to an activating group) is 1. The molecule has 0 aromatic heterocycles. The molecule has 0 spiro atoms. The highest BCUT2D eigenvalue weighted by Gasteiger charge is 2.36. The van der Waals surface area contributed by atoms with E-state index in [0.717, 1.165) is 62.3 Å². The molecule has 12 nitrogen and oxygen atoms in total. The average Bonchev–Trinajstić information content (AvgIpc) is 3.29. The Balaban J connectivity index is 0.983. The van der Waals surface area contributed by atoms with E-state index in [-0.39, 0.29) is 24.4 Å². The maximum atomic E-state index is 14.1. The Morgan fingerprint density at radius 1 is 0.833 bits per heavy atom. The Morgan fingerprint density at radius 3 is 2.29 bits per heavy atom. The lowest BCUT2D eigenvalue weighted by Gasteiger charge is -2.42. The van der Waals surface area contributed by atoms with E-state index < -0.39 is 12.2 Å². The average molecular weight is 661 g/mol. The second-order valence-corrected chi connectivity index (χ2v) is 13.7. The van der Waals surface area contributed by atoms with Crippen molar-refractivity contribution in [3.8, 4) is 11.5 Å². The molecule has 2 aromatic carbocycles. The molecule has 0 bridgehead atoms. The number of hydrogen-bond acceptors (Lipinski definition) is 8. The third-order valence-electron chi connectivity index (χ3n) is 10.7. The van der Waals surface area contributed by atoms with E-state index in [1.165, 1.54) is 0 Å². The van der Waals surface area contributed by atoms with Gasteiger partial charge in [-0.1, -0.05) is 24.3 Å². The summed E-state index contributed by atoms with van der Waals surface area (Å²) >= 11 is 0. The van der Waals surface area contributed by atoms with Gasteiger partial charge in [-0.15, -0.1) is 0 Å². The maximum absolute atomic E-state index is 14.1. The molecule has 5 aliphatic heterocycles. The van der Waals surface area contributed by atoms with Gasteiger partial charge in [-0.05, 0) is 68.5 Å². The van der Waals surface area contributed by atoms with E-state index in [1.54, 1.807) is 4.90 Å². The Hall–Kier alpha value is -4.03. The van der Waals surface area contributed by atoms with Crippen LogP contribution in [0.4, 0.5) is 15.3 Å². The predicted octanol–water partition coefficient (Wildman–Crippen LogP) is 3.30. The lowest BCUT2D eigenvalue weighted by atomic mass is 10.00. The Labute approximate surface area is 282 Å². The Morgan fingerprint density at radius 2 is 1.52 bits per heavy atom. The number of carbonyl (C=O) groups excluding carboxylic acids is 3. The number of para-hydroxylation sites is 1. The van der Waals surface area contributed by atoms with E-state index in [9.17, 15) is 14.4 Å². The van der Waals surface area contributed by atoms with Crippen LogP contribution in [0.2, 0.25) is 0 Å². The topological polar surface area (TPSA) is 107 Å². The van der Waals surface area contributed by atoms with Crippen LogP contribution in [0.15, 0.2) is 42.5 Å². The van der Waals surface area contributed by atoms with E-state index >= 15 is 0 Å². The zero-order valence-electron chi connectivity index (χ0n) is 28.0. The third kappa shape index (κ3) is 7.34. The number of nitrogens with zero attached hydrogens (tertiary/aromatic N) is 5. The summed E-state index contributed by atoms with van der Waals surface area (Å²) in [5.41, 5.74) is 2.85. The predicted molar refractivity (Wildman–Crippen MR) is 181 cm³/mol. The lowest BCUT2D eigenvalue weighted by Crippen LogP contribution is -2.54. The molecule has 0 radical (unpaired) electrons. The van der Waals surface area contributed by atoms with E-state index in [0.29, 0.717) is 76.3 Å². The number of fused-ring (bicyclic) bond motifs is 2. The molecule has 5 aliphatic rings. The fraction of sp³-hybridized carbons (Fsp3) is 0.583. The zero-order chi connectivity index (χ0) is 33.0. The van der Waals surface area contributed by atoms with Crippen LogP contribution in [-0.4, -0.2) is 140 Å². The van der Waals surface area contributed by atoms with Gasteiger partial charge in [0.15, 0.2) is 17.6 Å². The van der Waals surface area contributed by atoms with E-state index in [2.05, 4.69) is 28.2 Å². The highest BCUT2D eigenvalue weighted by Crippen LogP contribution is 2.32. The summed E-state index contributed by atoms with van der Waals surface area (Å²) in [5.74, 6) is 1.18. The summed E-state index contributed by atoms with van der Waals surface area (Å²) < 4.78 is 17.6. The minimum atomic E-state index is -0.951. The highest BCUT2D eigenvalue weighted by atomic mass is 16.6. The first-order valence-electron chi connectivity index (χ1n) is 17.6. The molecule has 7 rings (SSSR count). The molecule has 3 fully saturated rings. The zero-order valence-corrected chi connectivity index (χ0v) is 28.0. The number of piperazine rings is 1.